The van der Waals surface area contributed by atoms with Crippen molar-refractivity contribution in [3.8, 4) is 11.5 Å². The molecule has 0 fully saturated rings. The molecular formula is C22H26N4O4. The van der Waals surface area contributed by atoms with E-state index in [1.54, 1.807) is 35.2 Å². The molecule has 0 aliphatic rings. The van der Waals surface area contributed by atoms with Gasteiger partial charge in [0.25, 0.3) is 11.5 Å². The van der Waals surface area contributed by atoms with Gasteiger partial charge in [0.1, 0.15) is 6.33 Å². The van der Waals surface area contributed by atoms with Crippen LogP contribution >= 0.6 is 0 Å². The number of methoxy groups -OCH3 is 2. The van der Waals surface area contributed by atoms with Crippen LogP contribution in [0.4, 0.5) is 0 Å². The molecule has 0 unspecified atom stereocenters. The van der Waals surface area contributed by atoms with Crippen LogP contribution in [-0.2, 0) is 6.54 Å². The summed E-state index contributed by atoms with van der Waals surface area (Å²) in [5, 5.41) is 3.80. The predicted molar refractivity (Wildman–Crippen MR) is 114 cm³/mol. The topological polar surface area (TPSA) is 95.3 Å². The molecule has 0 radical (unpaired) electrons. The summed E-state index contributed by atoms with van der Waals surface area (Å²) in [6.07, 6.45) is 6.24. The maximum atomic E-state index is 13.2. The van der Waals surface area contributed by atoms with E-state index in [9.17, 15) is 9.59 Å². The Balaban J connectivity index is 2.15. The Bertz CT molecular complexity index is 1090. The highest BCUT2D eigenvalue weighted by molar-refractivity contribution is 6.07. The van der Waals surface area contributed by atoms with Gasteiger partial charge in [0.2, 0.25) is 0 Å². The first kappa shape index (κ1) is 21.3. The average Bonchev–Trinajstić information content (AvgIpc) is 2.79. The number of nitrogens with one attached hydrogen (secondary N) is 1. The maximum Gasteiger partial charge on any atom is 0.258 e. The van der Waals surface area contributed by atoms with E-state index in [1.165, 1.54) is 20.5 Å². The Morgan fingerprint density at radius 3 is 2.37 bits per heavy atom. The van der Waals surface area contributed by atoms with Crippen molar-refractivity contribution >= 4 is 16.7 Å². The summed E-state index contributed by atoms with van der Waals surface area (Å²) in [5.41, 5.74) is 0.925. The third kappa shape index (κ3) is 4.12. The Morgan fingerprint density at radius 1 is 1.13 bits per heavy atom. The van der Waals surface area contributed by atoms with Gasteiger partial charge < -0.3 is 19.4 Å². The number of hydrogen-bond acceptors (Lipinski definition) is 6. The third-order valence-corrected chi connectivity index (χ3v) is 5.20. The second-order valence-electron chi connectivity index (χ2n) is 6.86. The van der Waals surface area contributed by atoms with E-state index < -0.39 is 0 Å². The molecule has 0 spiro atoms. The lowest BCUT2D eigenvalue weighted by Gasteiger charge is -2.20. The van der Waals surface area contributed by atoms with Crippen LogP contribution in [0, 0.1) is 0 Å². The van der Waals surface area contributed by atoms with Crippen molar-refractivity contribution in [1.29, 1.82) is 0 Å². The van der Waals surface area contributed by atoms with E-state index in [4.69, 9.17) is 9.47 Å². The summed E-state index contributed by atoms with van der Waals surface area (Å²) in [6, 6.07) is 5.03. The van der Waals surface area contributed by atoms with Gasteiger partial charge in [0.15, 0.2) is 11.5 Å². The quantitative estimate of drug-likeness (QED) is 0.613. The minimum atomic E-state index is -0.300. The normalized spacial score (nSPS) is 11.0. The molecule has 0 bridgehead atoms. The minimum absolute atomic E-state index is 0.0107. The number of benzene rings is 1. The van der Waals surface area contributed by atoms with Crippen LogP contribution in [0.15, 0.2) is 41.7 Å². The number of carbonyl (C=O) groups excluding carboxylic acids is 1. The van der Waals surface area contributed by atoms with Crippen LogP contribution in [0.1, 0.15) is 48.8 Å². The zero-order valence-corrected chi connectivity index (χ0v) is 17.6. The molecule has 1 N–H and O–H groups in total. The standard InChI is InChI=1S/C22H26N4O4/c1-5-15(6-2)26-12-18(21(27)24-11-14-7-8-23-13-25-14)16-9-19(29-3)20(30-4)10-17(16)22(26)28/h7-10,12-13,15H,5-6,11H2,1-4H3,(H,24,27). The Labute approximate surface area is 174 Å². The highest BCUT2D eigenvalue weighted by Gasteiger charge is 2.20. The van der Waals surface area contributed by atoms with Gasteiger partial charge in [-0.15, -0.1) is 0 Å². The van der Waals surface area contributed by atoms with Gasteiger partial charge in [-0.05, 0) is 31.0 Å². The predicted octanol–water partition coefficient (Wildman–Crippen LogP) is 3.10. The lowest BCUT2D eigenvalue weighted by molar-refractivity contribution is 0.0951. The van der Waals surface area contributed by atoms with Crippen LogP contribution in [0.25, 0.3) is 10.8 Å². The molecule has 3 aromatic rings. The van der Waals surface area contributed by atoms with Gasteiger partial charge in [0.05, 0.1) is 37.4 Å². The van der Waals surface area contributed by atoms with Gasteiger partial charge >= 0.3 is 0 Å². The van der Waals surface area contributed by atoms with Crippen molar-refractivity contribution in [2.24, 2.45) is 0 Å². The fourth-order valence-corrected chi connectivity index (χ4v) is 3.51. The fraction of sp³-hybridized carbons (Fsp3) is 0.364. The van der Waals surface area contributed by atoms with Crippen LogP contribution in [-0.4, -0.2) is 34.7 Å². The van der Waals surface area contributed by atoms with Crippen LogP contribution in [0.2, 0.25) is 0 Å². The molecule has 158 valence electrons. The first-order valence-electron chi connectivity index (χ1n) is 9.87. The first-order valence-corrected chi connectivity index (χ1v) is 9.87. The van der Waals surface area contributed by atoms with E-state index >= 15 is 0 Å². The van der Waals surface area contributed by atoms with E-state index in [1.807, 2.05) is 13.8 Å². The summed E-state index contributed by atoms with van der Waals surface area (Å²) in [7, 11) is 3.03. The third-order valence-electron chi connectivity index (χ3n) is 5.20. The molecule has 0 aliphatic heterocycles. The molecule has 1 aromatic carbocycles. The summed E-state index contributed by atoms with van der Waals surface area (Å²) in [5.74, 6) is 0.594. The molecule has 0 saturated carbocycles. The second kappa shape index (κ2) is 9.39. The number of fused-ring (bicyclic) bond motifs is 1. The number of pyridine rings is 1. The van der Waals surface area contributed by atoms with E-state index in [0.29, 0.717) is 33.5 Å². The van der Waals surface area contributed by atoms with Crippen molar-refractivity contribution in [3.63, 3.8) is 0 Å². The molecule has 30 heavy (non-hydrogen) atoms. The average molecular weight is 410 g/mol. The van der Waals surface area contributed by atoms with Gasteiger partial charge in [-0.3, -0.25) is 9.59 Å². The molecule has 2 heterocycles. The second-order valence-corrected chi connectivity index (χ2v) is 6.86. The number of carbonyl (C=O) groups is 1. The number of ether oxygens (including phenoxy) is 2. The zero-order valence-electron chi connectivity index (χ0n) is 17.6. The summed E-state index contributed by atoms with van der Waals surface area (Å²) >= 11 is 0. The summed E-state index contributed by atoms with van der Waals surface area (Å²) < 4.78 is 12.4. The number of aromatic nitrogens is 3. The molecule has 0 saturated heterocycles. The van der Waals surface area contributed by atoms with Crippen molar-refractivity contribution in [1.82, 2.24) is 19.9 Å². The summed E-state index contributed by atoms with van der Waals surface area (Å²) in [6.45, 7) is 4.29. The van der Waals surface area contributed by atoms with Crippen LogP contribution < -0.4 is 20.3 Å². The smallest absolute Gasteiger partial charge is 0.258 e. The number of amides is 1. The molecule has 0 aliphatic carbocycles. The maximum absolute atomic E-state index is 13.2. The highest BCUT2D eigenvalue weighted by Crippen LogP contribution is 2.33. The fourth-order valence-electron chi connectivity index (χ4n) is 3.51. The van der Waals surface area contributed by atoms with E-state index in [-0.39, 0.29) is 24.1 Å². The highest BCUT2D eigenvalue weighted by atomic mass is 16.5. The minimum Gasteiger partial charge on any atom is -0.493 e. The van der Waals surface area contributed by atoms with Crippen molar-refractivity contribution < 1.29 is 14.3 Å². The molecule has 8 nitrogen and oxygen atoms in total. The van der Waals surface area contributed by atoms with Gasteiger partial charge in [-0.1, -0.05) is 13.8 Å². The monoisotopic (exact) mass is 410 g/mol. The number of hydrogen-bond donors (Lipinski definition) is 1. The van der Waals surface area contributed by atoms with Crippen molar-refractivity contribution in [3.05, 3.63) is 58.5 Å². The van der Waals surface area contributed by atoms with E-state index in [0.717, 1.165) is 12.8 Å². The molecule has 3 rings (SSSR count). The Hall–Kier alpha value is -3.42. The summed E-state index contributed by atoms with van der Waals surface area (Å²) in [4.78, 5) is 34.3. The van der Waals surface area contributed by atoms with Gasteiger partial charge in [0, 0.05) is 23.8 Å². The number of rotatable bonds is 8. The molecule has 1 amide bonds. The largest absolute Gasteiger partial charge is 0.493 e. The van der Waals surface area contributed by atoms with Crippen molar-refractivity contribution in [2.45, 2.75) is 39.3 Å². The van der Waals surface area contributed by atoms with Crippen LogP contribution in [0.5, 0.6) is 11.5 Å². The van der Waals surface area contributed by atoms with E-state index in [2.05, 4.69) is 15.3 Å². The van der Waals surface area contributed by atoms with Gasteiger partial charge in [-0.25, -0.2) is 9.97 Å². The van der Waals surface area contributed by atoms with Crippen LogP contribution in [0.3, 0.4) is 0 Å². The number of nitrogens with zero attached hydrogens (tertiary/aromatic N) is 3. The molecule has 0 atom stereocenters. The zero-order chi connectivity index (χ0) is 21.7. The molecule has 2 aromatic heterocycles. The molecule has 8 heteroatoms. The Morgan fingerprint density at radius 2 is 1.80 bits per heavy atom. The lowest BCUT2D eigenvalue weighted by atomic mass is 10.0. The lowest BCUT2D eigenvalue weighted by Crippen LogP contribution is -2.29. The van der Waals surface area contributed by atoms with Crippen molar-refractivity contribution in [2.75, 3.05) is 14.2 Å². The van der Waals surface area contributed by atoms with Gasteiger partial charge in [-0.2, -0.15) is 0 Å². The first-order chi connectivity index (χ1) is 14.5. The molecular weight excluding hydrogens is 384 g/mol. The Kier molecular flexibility index (Phi) is 6.66. The SMILES string of the molecule is CCC(CC)n1cc(C(=O)NCc2ccncn2)c2cc(OC)c(OC)cc2c1=O.